The van der Waals surface area contributed by atoms with Gasteiger partial charge < -0.3 is 15.3 Å². The van der Waals surface area contributed by atoms with E-state index in [0.717, 1.165) is 7.11 Å². The summed E-state index contributed by atoms with van der Waals surface area (Å²) in [4.78, 5) is 26.5. The predicted molar refractivity (Wildman–Crippen MR) is 49.5 cm³/mol. The van der Waals surface area contributed by atoms with Crippen molar-refractivity contribution in [2.45, 2.75) is 26.4 Å². The number of carbonyl (C=O) groups is 2. The molecule has 0 bridgehead atoms. The molecule has 0 aliphatic carbocycles. The predicted octanol–water partition coefficient (Wildman–Crippen LogP) is -0.184. The summed E-state index contributed by atoms with van der Waals surface area (Å²) in [5.41, 5.74) is 3.74. The van der Waals surface area contributed by atoms with Crippen LogP contribution < -0.4 is 5.73 Å². The highest BCUT2D eigenvalue weighted by Crippen LogP contribution is 2.07. The fourth-order valence-corrected chi connectivity index (χ4v) is 0.462. The number of hydrogen-bond donors (Lipinski definition) is 1. The van der Waals surface area contributed by atoms with Gasteiger partial charge >= 0.3 is 5.97 Å². The molecule has 80 valence electrons. The summed E-state index contributed by atoms with van der Waals surface area (Å²) in [6, 6.07) is 0. The van der Waals surface area contributed by atoms with Gasteiger partial charge in [-0.15, -0.1) is 0 Å². The second kappa shape index (κ2) is 4.59. The van der Waals surface area contributed by atoms with Gasteiger partial charge in [0.1, 0.15) is 5.60 Å². The molecular weight excluding hydrogens is 188 g/mol. The van der Waals surface area contributed by atoms with E-state index < -0.39 is 23.2 Å². The maximum Gasteiger partial charge on any atom is 0.365 e. The van der Waals surface area contributed by atoms with Crippen molar-refractivity contribution < 1.29 is 19.2 Å². The lowest BCUT2D eigenvalue weighted by molar-refractivity contribution is -0.134. The molecule has 0 unspecified atom stereocenters. The zero-order valence-electron chi connectivity index (χ0n) is 8.66. The molecule has 2 N–H and O–H groups in total. The lowest BCUT2D eigenvalue weighted by Crippen LogP contribution is -2.33. The average Bonchev–Trinajstić information content (AvgIpc) is 2.01. The first kappa shape index (κ1) is 12.4. The van der Waals surface area contributed by atoms with E-state index in [1.165, 1.54) is 0 Å². The Kier molecular flexibility index (Phi) is 4.07. The Balaban J connectivity index is 4.67. The maximum absolute atomic E-state index is 10.9. The zero-order valence-corrected chi connectivity index (χ0v) is 8.66. The minimum absolute atomic E-state index is 0.553. The highest BCUT2D eigenvalue weighted by molar-refractivity contribution is 6.63. The van der Waals surface area contributed by atoms with Crippen LogP contribution in [0.15, 0.2) is 5.16 Å². The highest BCUT2D eigenvalue weighted by Gasteiger charge is 2.21. The van der Waals surface area contributed by atoms with E-state index in [1.807, 2.05) is 0 Å². The molecule has 6 nitrogen and oxygen atoms in total. The number of nitrogens with zero attached hydrogens (tertiary/aromatic N) is 1. The first-order chi connectivity index (χ1) is 6.28. The maximum atomic E-state index is 10.9. The van der Waals surface area contributed by atoms with Crippen LogP contribution in [0.5, 0.6) is 0 Å². The van der Waals surface area contributed by atoms with Crippen LogP contribution in [0, 0.1) is 0 Å². The van der Waals surface area contributed by atoms with Gasteiger partial charge in [0, 0.05) is 0 Å². The number of carbonyl (C=O) groups excluding carboxylic acids is 2. The van der Waals surface area contributed by atoms with Crippen molar-refractivity contribution in [2.75, 3.05) is 7.11 Å². The van der Waals surface area contributed by atoms with Gasteiger partial charge in [-0.3, -0.25) is 4.79 Å². The first-order valence-corrected chi connectivity index (χ1v) is 3.92. The smallest absolute Gasteiger partial charge is 0.365 e. The number of oxime groups is 1. The van der Waals surface area contributed by atoms with Gasteiger partial charge in [-0.1, -0.05) is 5.16 Å². The van der Waals surface area contributed by atoms with Gasteiger partial charge in [-0.25, -0.2) is 4.79 Å². The average molecular weight is 202 g/mol. The van der Waals surface area contributed by atoms with Crippen molar-refractivity contribution in [3.05, 3.63) is 0 Å². The first-order valence-electron chi connectivity index (χ1n) is 3.92. The van der Waals surface area contributed by atoms with Gasteiger partial charge in [0.2, 0.25) is 0 Å². The quantitative estimate of drug-likeness (QED) is 0.297. The second-order valence-electron chi connectivity index (χ2n) is 3.50. The van der Waals surface area contributed by atoms with Crippen molar-refractivity contribution in [2.24, 2.45) is 10.9 Å². The van der Waals surface area contributed by atoms with Crippen LogP contribution in [0.1, 0.15) is 20.8 Å². The molecule has 0 heterocycles. The lowest BCUT2D eigenvalue weighted by Gasteiger charge is -2.15. The van der Waals surface area contributed by atoms with Gasteiger partial charge in [0.05, 0.1) is 7.11 Å². The van der Waals surface area contributed by atoms with Gasteiger partial charge in [-0.2, -0.15) is 0 Å². The van der Waals surface area contributed by atoms with Crippen LogP contribution in [-0.4, -0.2) is 30.3 Å². The molecular formula is C8H14N2O4. The Labute approximate surface area is 82.0 Å². The van der Waals surface area contributed by atoms with Crippen LogP contribution >= 0.6 is 0 Å². The number of esters is 1. The molecule has 0 aliphatic heterocycles. The van der Waals surface area contributed by atoms with Crippen LogP contribution in [0.25, 0.3) is 0 Å². The third-order valence-electron chi connectivity index (χ3n) is 1.02. The zero-order chi connectivity index (χ0) is 11.4. The molecule has 1 amide bonds. The van der Waals surface area contributed by atoms with E-state index >= 15 is 0 Å². The molecule has 0 saturated heterocycles. The Bertz CT molecular complexity index is 265. The van der Waals surface area contributed by atoms with Crippen molar-refractivity contribution in [3.63, 3.8) is 0 Å². The van der Waals surface area contributed by atoms with E-state index in [1.54, 1.807) is 20.8 Å². The van der Waals surface area contributed by atoms with Crippen molar-refractivity contribution >= 4 is 17.6 Å². The van der Waals surface area contributed by atoms with Gasteiger partial charge in [-0.05, 0) is 20.8 Å². The Morgan fingerprint density at radius 2 is 1.79 bits per heavy atom. The molecule has 0 atom stereocenters. The number of ether oxygens (including phenoxy) is 1. The molecule has 6 heteroatoms. The van der Waals surface area contributed by atoms with Crippen LogP contribution in [0.2, 0.25) is 0 Å². The Hall–Kier alpha value is -1.59. The minimum Gasteiger partial charge on any atom is -0.464 e. The van der Waals surface area contributed by atoms with Crippen molar-refractivity contribution in [1.82, 2.24) is 0 Å². The summed E-state index contributed by atoms with van der Waals surface area (Å²) < 4.78 is 4.29. The van der Waals surface area contributed by atoms with Crippen LogP contribution in [0.4, 0.5) is 0 Å². The number of hydrogen-bond acceptors (Lipinski definition) is 5. The summed E-state index contributed by atoms with van der Waals surface area (Å²) >= 11 is 0. The summed E-state index contributed by atoms with van der Waals surface area (Å²) in [5, 5.41) is 3.33. The molecule has 0 rings (SSSR count). The molecule has 0 aromatic rings. The van der Waals surface area contributed by atoms with Crippen LogP contribution in [0.3, 0.4) is 0 Å². The molecule has 0 fully saturated rings. The Morgan fingerprint density at radius 1 is 1.29 bits per heavy atom. The summed E-state index contributed by atoms with van der Waals surface area (Å²) in [6.07, 6.45) is 0. The third-order valence-corrected chi connectivity index (χ3v) is 1.02. The van der Waals surface area contributed by atoms with Gasteiger partial charge in [0.25, 0.3) is 11.6 Å². The minimum atomic E-state index is -0.985. The summed E-state index contributed by atoms with van der Waals surface area (Å²) in [7, 11) is 1.12. The topological polar surface area (TPSA) is 91.0 Å². The summed E-state index contributed by atoms with van der Waals surface area (Å²) in [5.74, 6) is -1.90. The van der Waals surface area contributed by atoms with E-state index in [0.29, 0.717) is 0 Å². The lowest BCUT2D eigenvalue weighted by atomic mass is 10.2. The monoisotopic (exact) mass is 202 g/mol. The van der Waals surface area contributed by atoms with Crippen LogP contribution in [-0.2, 0) is 19.2 Å². The molecule has 0 aromatic carbocycles. The number of amides is 1. The largest absolute Gasteiger partial charge is 0.464 e. The number of methoxy groups -OCH3 is 1. The summed E-state index contributed by atoms with van der Waals surface area (Å²) in [6.45, 7) is 5.14. The number of nitrogens with two attached hydrogens (primary N) is 1. The fraction of sp³-hybridized carbons (Fsp3) is 0.625. The van der Waals surface area contributed by atoms with E-state index in [-0.39, 0.29) is 0 Å². The molecule has 0 aliphatic rings. The Morgan fingerprint density at radius 3 is 2.07 bits per heavy atom. The van der Waals surface area contributed by atoms with E-state index in [9.17, 15) is 9.59 Å². The third kappa shape index (κ3) is 4.44. The fourth-order valence-electron chi connectivity index (χ4n) is 0.462. The molecule has 0 radical (unpaired) electrons. The standard InChI is InChI=1S/C8H14N2O4/c1-8(2,3)14-10-5(6(9)11)7(12)13-4/h1-4H3,(H2,9,11)/b10-5+. The van der Waals surface area contributed by atoms with Crippen molar-refractivity contribution in [3.8, 4) is 0 Å². The molecule has 14 heavy (non-hydrogen) atoms. The molecule has 0 spiro atoms. The SMILES string of the molecule is COC(=O)/C(=N/OC(C)(C)C)C(N)=O. The normalized spacial score (nSPS) is 12.1. The second-order valence-corrected chi connectivity index (χ2v) is 3.50. The van der Waals surface area contributed by atoms with E-state index in [2.05, 4.69) is 9.89 Å². The van der Waals surface area contributed by atoms with Crippen molar-refractivity contribution in [1.29, 1.82) is 0 Å². The van der Waals surface area contributed by atoms with Gasteiger partial charge in [0.15, 0.2) is 0 Å². The van der Waals surface area contributed by atoms with E-state index in [4.69, 9.17) is 10.6 Å². The number of rotatable bonds is 3. The highest BCUT2D eigenvalue weighted by atomic mass is 16.7. The molecule has 0 aromatic heterocycles. The number of primary amides is 1. The molecule has 0 saturated carbocycles.